The van der Waals surface area contributed by atoms with Crippen LogP contribution in [0.2, 0.25) is 10.0 Å². The smallest absolute Gasteiger partial charge is 0.148 e. The minimum Gasteiger partial charge on any atom is -0.313 e. The van der Waals surface area contributed by atoms with E-state index in [1.165, 1.54) is 0 Å². The maximum Gasteiger partial charge on any atom is 0.148 e. The van der Waals surface area contributed by atoms with Gasteiger partial charge in [-0.15, -0.1) is 0 Å². The van der Waals surface area contributed by atoms with Crippen LogP contribution in [-0.4, -0.2) is 5.16 Å². The van der Waals surface area contributed by atoms with Crippen molar-refractivity contribution in [1.29, 1.82) is 0 Å². The van der Waals surface area contributed by atoms with E-state index in [9.17, 15) is 4.57 Å². The molecule has 2 rings (SSSR count). The fourth-order valence-corrected chi connectivity index (χ4v) is 5.46. The van der Waals surface area contributed by atoms with Crippen molar-refractivity contribution < 1.29 is 4.57 Å². The summed E-state index contributed by atoms with van der Waals surface area (Å²) in [4.78, 5) is 0. The van der Waals surface area contributed by atoms with Crippen LogP contribution in [0.15, 0.2) is 48.5 Å². The molecular weight excluding hydrogens is 310 g/mol. The molecule has 0 amide bonds. The zero-order valence-electron chi connectivity index (χ0n) is 11.7. The first-order valence-electron chi connectivity index (χ1n) is 6.37. The van der Waals surface area contributed by atoms with Gasteiger partial charge in [-0.2, -0.15) is 0 Å². The lowest BCUT2D eigenvalue weighted by atomic mass is 10.3. The van der Waals surface area contributed by atoms with E-state index in [-0.39, 0.29) is 5.16 Å². The van der Waals surface area contributed by atoms with Crippen molar-refractivity contribution in [3.63, 3.8) is 0 Å². The molecule has 20 heavy (non-hydrogen) atoms. The fourth-order valence-electron chi connectivity index (χ4n) is 2.23. The quantitative estimate of drug-likeness (QED) is 0.701. The molecule has 0 saturated heterocycles. The minimum atomic E-state index is -2.76. The van der Waals surface area contributed by atoms with Crippen LogP contribution in [0.25, 0.3) is 0 Å². The molecule has 0 fully saturated rings. The molecule has 0 N–H and O–H groups in total. The summed E-state index contributed by atoms with van der Waals surface area (Å²) in [6.45, 7) is 5.99. The van der Waals surface area contributed by atoms with E-state index in [0.29, 0.717) is 10.0 Å². The summed E-state index contributed by atoms with van der Waals surface area (Å²) in [5, 5.41) is 2.54. The van der Waals surface area contributed by atoms with E-state index in [4.69, 9.17) is 23.2 Å². The van der Waals surface area contributed by atoms with Gasteiger partial charge in [0.25, 0.3) is 0 Å². The molecule has 4 heteroatoms. The highest BCUT2D eigenvalue weighted by Gasteiger charge is 2.39. The third-order valence-electron chi connectivity index (χ3n) is 3.33. The number of hydrogen-bond donors (Lipinski definition) is 0. The van der Waals surface area contributed by atoms with Crippen molar-refractivity contribution in [2.24, 2.45) is 0 Å². The van der Waals surface area contributed by atoms with Crippen molar-refractivity contribution in [3.05, 3.63) is 58.6 Å². The molecule has 0 heterocycles. The van der Waals surface area contributed by atoms with Gasteiger partial charge in [0.2, 0.25) is 0 Å². The molecule has 0 atom stereocenters. The molecule has 2 aromatic carbocycles. The zero-order valence-corrected chi connectivity index (χ0v) is 14.1. The Morgan fingerprint density at radius 3 is 1.30 bits per heavy atom. The second kappa shape index (κ2) is 5.56. The Hall–Kier alpha value is -0.750. The van der Waals surface area contributed by atoms with Crippen LogP contribution in [-0.2, 0) is 4.57 Å². The lowest BCUT2D eigenvalue weighted by Gasteiger charge is -2.32. The molecule has 0 radical (unpaired) electrons. The molecule has 106 valence electrons. The Morgan fingerprint density at radius 1 is 0.750 bits per heavy atom. The van der Waals surface area contributed by atoms with Crippen molar-refractivity contribution in [2.45, 2.75) is 25.9 Å². The van der Waals surface area contributed by atoms with E-state index in [0.717, 1.165) is 10.6 Å². The van der Waals surface area contributed by atoms with Gasteiger partial charge in [0.15, 0.2) is 0 Å². The summed E-state index contributed by atoms with van der Waals surface area (Å²) >= 11 is 11.9. The van der Waals surface area contributed by atoms with Gasteiger partial charge < -0.3 is 4.57 Å². The van der Waals surface area contributed by atoms with Crippen LogP contribution in [0, 0.1) is 0 Å². The normalized spacial score (nSPS) is 12.4. The minimum absolute atomic E-state index is 0.380. The van der Waals surface area contributed by atoms with Crippen LogP contribution in [0.3, 0.4) is 0 Å². The maximum absolute atomic E-state index is 13.8. The van der Waals surface area contributed by atoms with Gasteiger partial charge in [0.1, 0.15) is 7.14 Å². The van der Waals surface area contributed by atoms with Crippen LogP contribution in [0.4, 0.5) is 0 Å². The topological polar surface area (TPSA) is 17.1 Å². The maximum atomic E-state index is 13.8. The summed E-state index contributed by atoms with van der Waals surface area (Å²) in [6.07, 6.45) is 0. The first kappa shape index (κ1) is 15.6. The Kier molecular flexibility index (Phi) is 4.35. The number of rotatable bonds is 2. The molecule has 0 bridgehead atoms. The molecule has 0 saturated carbocycles. The number of halogens is 2. The summed E-state index contributed by atoms with van der Waals surface area (Å²) in [6, 6.07) is 14.5. The van der Waals surface area contributed by atoms with Crippen LogP contribution in [0.5, 0.6) is 0 Å². The Balaban J connectivity index is 2.66. The SMILES string of the molecule is CC(C)(C)P(=O)(c1ccc(Cl)cc1)c1ccc(Cl)cc1. The van der Waals surface area contributed by atoms with Crippen molar-refractivity contribution in [3.8, 4) is 0 Å². The van der Waals surface area contributed by atoms with Crippen molar-refractivity contribution in [1.82, 2.24) is 0 Å². The highest BCUT2D eigenvalue weighted by Crippen LogP contribution is 2.55. The van der Waals surface area contributed by atoms with Crippen LogP contribution in [0.1, 0.15) is 20.8 Å². The average molecular weight is 327 g/mol. The zero-order chi connectivity index (χ0) is 15.0. The molecule has 2 aromatic rings. The largest absolute Gasteiger partial charge is 0.313 e. The van der Waals surface area contributed by atoms with Gasteiger partial charge in [0, 0.05) is 25.8 Å². The van der Waals surface area contributed by atoms with Gasteiger partial charge in [0.05, 0.1) is 0 Å². The lowest BCUT2D eigenvalue weighted by Crippen LogP contribution is -2.30. The predicted molar refractivity (Wildman–Crippen MR) is 89.5 cm³/mol. The lowest BCUT2D eigenvalue weighted by molar-refractivity contribution is 0.564. The van der Waals surface area contributed by atoms with Gasteiger partial charge in [-0.25, -0.2) is 0 Å². The third kappa shape index (κ3) is 2.81. The van der Waals surface area contributed by atoms with E-state index in [2.05, 4.69) is 0 Å². The standard InChI is InChI=1S/C16H17Cl2OP/c1-16(2,3)20(19,14-8-4-12(17)5-9-14)15-10-6-13(18)7-11-15/h4-11H,1-3H3. The van der Waals surface area contributed by atoms with Gasteiger partial charge >= 0.3 is 0 Å². The van der Waals surface area contributed by atoms with Gasteiger partial charge in [-0.3, -0.25) is 0 Å². The van der Waals surface area contributed by atoms with E-state index in [1.807, 2.05) is 45.0 Å². The molecular formula is C16H17Cl2OP. The Labute approximate surface area is 130 Å². The summed E-state index contributed by atoms with van der Waals surface area (Å²) in [5.41, 5.74) is 0. The molecule has 0 aromatic heterocycles. The van der Waals surface area contributed by atoms with E-state index >= 15 is 0 Å². The number of benzene rings is 2. The molecule has 0 aliphatic heterocycles. The third-order valence-corrected chi connectivity index (χ3v) is 7.77. The van der Waals surface area contributed by atoms with Gasteiger partial charge in [-0.05, 0) is 48.5 Å². The molecule has 0 unspecified atom stereocenters. The molecule has 0 aliphatic rings. The fraction of sp³-hybridized carbons (Fsp3) is 0.250. The Bertz CT molecular complexity index is 590. The average Bonchev–Trinajstić information content (AvgIpc) is 2.38. The summed E-state index contributed by atoms with van der Waals surface area (Å²) in [5.74, 6) is 0. The summed E-state index contributed by atoms with van der Waals surface area (Å²) < 4.78 is 13.8. The monoisotopic (exact) mass is 326 g/mol. The molecule has 1 nitrogen and oxygen atoms in total. The van der Waals surface area contributed by atoms with E-state index < -0.39 is 7.14 Å². The van der Waals surface area contributed by atoms with Gasteiger partial charge in [-0.1, -0.05) is 44.0 Å². The van der Waals surface area contributed by atoms with E-state index in [1.54, 1.807) is 24.3 Å². The first-order valence-corrected chi connectivity index (χ1v) is 8.84. The van der Waals surface area contributed by atoms with Crippen LogP contribution >= 0.6 is 30.3 Å². The molecule has 0 aliphatic carbocycles. The van der Waals surface area contributed by atoms with Crippen molar-refractivity contribution >= 4 is 41.0 Å². The van der Waals surface area contributed by atoms with Crippen LogP contribution < -0.4 is 10.6 Å². The first-order chi connectivity index (χ1) is 9.25. The predicted octanol–water partition coefficient (Wildman–Crippen LogP) is 5.11. The summed E-state index contributed by atoms with van der Waals surface area (Å²) in [7, 11) is -2.76. The molecule has 0 spiro atoms. The second-order valence-electron chi connectivity index (χ2n) is 5.73. The Morgan fingerprint density at radius 2 is 1.05 bits per heavy atom. The number of hydrogen-bond acceptors (Lipinski definition) is 1. The highest BCUT2D eigenvalue weighted by molar-refractivity contribution is 7.80. The second-order valence-corrected chi connectivity index (χ2v) is 10.2. The van der Waals surface area contributed by atoms with Crippen molar-refractivity contribution in [2.75, 3.05) is 0 Å². The highest BCUT2D eigenvalue weighted by atomic mass is 35.5.